The van der Waals surface area contributed by atoms with Crippen molar-refractivity contribution in [3.05, 3.63) is 12.7 Å². The van der Waals surface area contributed by atoms with Gasteiger partial charge < -0.3 is 0 Å². The SMILES string of the molecule is C=CC(C)(N(F)F)N(F)F. The van der Waals surface area contributed by atoms with E-state index in [1.807, 2.05) is 0 Å². The van der Waals surface area contributed by atoms with Crippen molar-refractivity contribution in [1.29, 1.82) is 0 Å². The normalized spacial score (nSPS) is 12.7. The van der Waals surface area contributed by atoms with Crippen molar-refractivity contribution in [3.8, 4) is 0 Å². The summed E-state index contributed by atoms with van der Waals surface area (Å²) in [5, 5.41) is -3.25. The van der Waals surface area contributed by atoms with Gasteiger partial charge in [0, 0.05) is 0 Å². The monoisotopic (exact) mass is 158 g/mol. The van der Waals surface area contributed by atoms with Crippen molar-refractivity contribution < 1.29 is 17.9 Å². The highest BCUT2D eigenvalue weighted by molar-refractivity contribution is 4.91. The van der Waals surface area contributed by atoms with Crippen LogP contribution in [0.15, 0.2) is 12.7 Å². The van der Waals surface area contributed by atoms with Crippen LogP contribution in [0, 0.1) is 0 Å². The van der Waals surface area contributed by atoms with Gasteiger partial charge in [-0.25, -0.2) is 0 Å². The van der Waals surface area contributed by atoms with E-state index in [2.05, 4.69) is 6.58 Å². The van der Waals surface area contributed by atoms with Crippen molar-refractivity contribution in [2.24, 2.45) is 0 Å². The Labute approximate surface area is 55.1 Å². The zero-order valence-electron chi connectivity index (χ0n) is 5.19. The van der Waals surface area contributed by atoms with Gasteiger partial charge in [0.1, 0.15) is 0 Å². The van der Waals surface area contributed by atoms with Crippen LogP contribution in [0.25, 0.3) is 0 Å². The zero-order valence-corrected chi connectivity index (χ0v) is 5.19. The predicted octanol–water partition coefficient (Wildman–Crippen LogP) is 2.03. The lowest BCUT2D eigenvalue weighted by molar-refractivity contribution is -0.347. The van der Waals surface area contributed by atoms with Crippen LogP contribution < -0.4 is 0 Å². The van der Waals surface area contributed by atoms with Crippen molar-refractivity contribution in [2.45, 2.75) is 12.6 Å². The van der Waals surface area contributed by atoms with Crippen molar-refractivity contribution in [2.75, 3.05) is 0 Å². The fourth-order valence-corrected chi connectivity index (χ4v) is 0.195. The van der Waals surface area contributed by atoms with E-state index in [1.165, 1.54) is 0 Å². The highest BCUT2D eigenvalue weighted by atomic mass is 19.4. The molecule has 0 atom stereocenters. The summed E-state index contributed by atoms with van der Waals surface area (Å²) < 4.78 is 46.3. The molecule has 0 aromatic carbocycles. The molecule has 0 fully saturated rings. The van der Waals surface area contributed by atoms with Crippen LogP contribution >= 0.6 is 0 Å². The lowest BCUT2D eigenvalue weighted by Crippen LogP contribution is -2.43. The molecule has 0 heterocycles. The molecule has 0 N–H and O–H groups in total. The van der Waals surface area contributed by atoms with E-state index in [1.54, 1.807) is 0 Å². The summed E-state index contributed by atoms with van der Waals surface area (Å²) in [4.78, 5) is 0. The Kier molecular flexibility index (Phi) is 2.79. The van der Waals surface area contributed by atoms with Crippen LogP contribution in [0.3, 0.4) is 0 Å². The molecular formula is C4H6F4N2. The van der Waals surface area contributed by atoms with Crippen LogP contribution in [0.2, 0.25) is 0 Å². The van der Waals surface area contributed by atoms with Crippen LogP contribution in [0.4, 0.5) is 17.9 Å². The van der Waals surface area contributed by atoms with Gasteiger partial charge in [-0.3, -0.25) is 0 Å². The maximum atomic E-state index is 11.6. The van der Waals surface area contributed by atoms with Crippen LogP contribution in [-0.4, -0.2) is 16.4 Å². The first kappa shape index (κ1) is 9.38. The second kappa shape index (κ2) is 2.98. The molecule has 2 nitrogen and oxygen atoms in total. The maximum Gasteiger partial charge on any atom is 0.211 e. The molecule has 10 heavy (non-hydrogen) atoms. The first-order chi connectivity index (χ1) is 4.45. The lowest BCUT2D eigenvalue weighted by atomic mass is 10.2. The minimum atomic E-state index is -2.69. The molecule has 0 aliphatic carbocycles. The molecule has 0 saturated heterocycles. The Morgan fingerprint density at radius 1 is 1.20 bits per heavy atom. The number of hydrogen-bond donors (Lipinski definition) is 0. The third kappa shape index (κ3) is 1.45. The van der Waals surface area contributed by atoms with Gasteiger partial charge in [-0.1, -0.05) is 24.5 Å². The molecule has 0 saturated carbocycles. The van der Waals surface area contributed by atoms with Gasteiger partial charge in [0.05, 0.1) is 10.7 Å². The van der Waals surface area contributed by atoms with Crippen molar-refractivity contribution in [1.82, 2.24) is 10.7 Å². The minimum Gasteiger partial charge on any atom is -0.0995 e. The quantitative estimate of drug-likeness (QED) is 0.268. The Morgan fingerprint density at radius 3 is 1.50 bits per heavy atom. The third-order valence-electron chi connectivity index (χ3n) is 1.07. The largest absolute Gasteiger partial charge is 0.211 e. The van der Waals surface area contributed by atoms with Gasteiger partial charge in [-0.2, -0.15) is 0 Å². The second-order valence-corrected chi connectivity index (χ2v) is 1.76. The average Bonchev–Trinajstić information content (AvgIpc) is 1.85. The highest BCUT2D eigenvalue weighted by Gasteiger charge is 2.39. The average molecular weight is 158 g/mol. The zero-order chi connectivity index (χ0) is 8.36. The smallest absolute Gasteiger partial charge is 0.0995 e. The van der Waals surface area contributed by atoms with Gasteiger partial charge in [0.15, 0.2) is 0 Å². The fourth-order valence-electron chi connectivity index (χ4n) is 0.195. The molecule has 6 heteroatoms. The molecule has 0 aliphatic heterocycles. The first-order valence-corrected chi connectivity index (χ1v) is 2.32. The number of rotatable bonds is 3. The molecule has 0 aromatic heterocycles. The number of hydrogen-bond acceptors (Lipinski definition) is 2. The van der Waals surface area contributed by atoms with Gasteiger partial charge in [0.2, 0.25) is 5.66 Å². The molecule has 0 aliphatic rings. The van der Waals surface area contributed by atoms with E-state index in [9.17, 15) is 17.9 Å². The minimum absolute atomic E-state index is 0.438. The van der Waals surface area contributed by atoms with E-state index in [0.29, 0.717) is 13.0 Å². The van der Waals surface area contributed by atoms with Crippen LogP contribution in [-0.2, 0) is 0 Å². The summed E-state index contributed by atoms with van der Waals surface area (Å²) in [7, 11) is 0. The van der Waals surface area contributed by atoms with E-state index in [-0.39, 0.29) is 0 Å². The van der Waals surface area contributed by atoms with E-state index >= 15 is 0 Å². The van der Waals surface area contributed by atoms with Crippen LogP contribution in [0.1, 0.15) is 6.92 Å². The second-order valence-electron chi connectivity index (χ2n) is 1.76. The van der Waals surface area contributed by atoms with Gasteiger partial charge in [-0.05, 0) is 13.0 Å². The summed E-state index contributed by atoms with van der Waals surface area (Å²) in [6.07, 6.45) is 0.438. The van der Waals surface area contributed by atoms with E-state index in [0.717, 1.165) is 0 Å². The molecule has 0 spiro atoms. The maximum absolute atomic E-state index is 11.6. The summed E-state index contributed by atoms with van der Waals surface area (Å²) in [6, 6.07) is 0. The topological polar surface area (TPSA) is 6.48 Å². The number of nitrogens with zero attached hydrogens (tertiary/aromatic N) is 2. The van der Waals surface area contributed by atoms with Gasteiger partial charge in [0.25, 0.3) is 0 Å². The Morgan fingerprint density at radius 2 is 1.50 bits per heavy atom. The standard InChI is InChI=1S/C4H6F4N2/c1-3-4(2,9(5)6)10(7)8/h3H,1H2,2H3. The molecule has 0 aromatic rings. The summed E-state index contributed by atoms with van der Waals surface area (Å²) in [5.74, 6) is 0. The molecule has 0 amide bonds. The first-order valence-electron chi connectivity index (χ1n) is 2.32. The summed E-state index contributed by atoms with van der Waals surface area (Å²) in [6.45, 7) is 3.46. The van der Waals surface area contributed by atoms with Crippen LogP contribution in [0.5, 0.6) is 0 Å². The fraction of sp³-hybridized carbons (Fsp3) is 0.500. The summed E-state index contributed by atoms with van der Waals surface area (Å²) >= 11 is 0. The third-order valence-corrected chi connectivity index (χ3v) is 1.07. The molecule has 0 bridgehead atoms. The summed E-state index contributed by atoms with van der Waals surface area (Å²) in [5.41, 5.74) is -2.69. The predicted molar refractivity (Wildman–Crippen MR) is 26.7 cm³/mol. The van der Waals surface area contributed by atoms with E-state index < -0.39 is 16.4 Å². The molecule has 60 valence electrons. The van der Waals surface area contributed by atoms with E-state index in [4.69, 9.17) is 0 Å². The Balaban J connectivity index is 4.38. The Hall–Kier alpha value is -0.620. The molecular weight excluding hydrogens is 152 g/mol. The number of halogens is 4. The lowest BCUT2D eigenvalue weighted by Gasteiger charge is -2.23. The van der Waals surface area contributed by atoms with Crippen molar-refractivity contribution >= 4 is 0 Å². The molecule has 0 radical (unpaired) electrons. The van der Waals surface area contributed by atoms with Gasteiger partial charge >= 0.3 is 0 Å². The highest BCUT2D eigenvalue weighted by Crippen LogP contribution is 2.23. The Bertz CT molecular complexity index is 116. The molecule has 0 rings (SSSR count). The van der Waals surface area contributed by atoms with Crippen molar-refractivity contribution in [3.63, 3.8) is 0 Å². The molecule has 0 unspecified atom stereocenters. The van der Waals surface area contributed by atoms with Gasteiger partial charge in [-0.15, -0.1) is 0 Å².